The van der Waals surface area contributed by atoms with Crippen molar-refractivity contribution in [3.63, 3.8) is 0 Å². The summed E-state index contributed by atoms with van der Waals surface area (Å²) in [5, 5.41) is 3.71. The highest BCUT2D eigenvalue weighted by Gasteiger charge is 2.16. The van der Waals surface area contributed by atoms with E-state index in [2.05, 4.69) is 10.1 Å². The monoisotopic (exact) mass is 170 g/mol. The van der Waals surface area contributed by atoms with Crippen LogP contribution in [0.5, 0.6) is 0 Å². The fourth-order valence-corrected chi connectivity index (χ4v) is 1.40. The van der Waals surface area contributed by atoms with Gasteiger partial charge in [-0.3, -0.25) is 0 Å². The number of methoxy groups -OCH3 is 1. The van der Waals surface area contributed by atoms with Gasteiger partial charge in [0.25, 0.3) is 0 Å². The van der Waals surface area contributed by atoms with Gasteiger partial charge in [-0.2, -0.15) is 0 Å². The van der Waals surface area contributed by atoms with Gasteiger partial charge in [-0.15, -0.1) is 0 Å². The summed E-state index contributed by atoms with van der Waals surface area (Å²) in [6.45, 7) is 0.628. The van der Waals surface area contributed by atoms with Crippen LogP contribution in [0, 0.1) is 5.92 Å². The van der Waals surface area contributed by atoms with E-state index >= 15 is 0 Å². The Morgan fingerprint density at radius 2 is 2.33 bits per heavy atom. The van der Waals surface area contributed by atoms with Crippen LogP contribution < -0.4 is 5.32 Å². The lowest BCUT2D eigenvalue weighted by Crippen LogP contribution is -2.18. The zero-order valence-electron chi connectivity index (χ0n) is 7.58. The van der Waals surface area contributed by atoms with Crippen molar-refractivity contribution in [1.82, 2.24) is 5.32 Å². The van der Waals surface area contributed by atoms with Crippen LogP contribution in [0.3, 0.4) is 0 Å². The van der Waals surface area contributed by atoms with E-state index in [1.54, 1.807) is 0 Å². The third kappa shape index (κ3) is 3.11. The van der Waals surface area contributed by atoms with Crippen LogP contribution in [0.2, 0.25) is 0 Å². The number of nitrogens with zero attached hydrogens (tertiary/aromatic N) is 1. The van der Waals surface area contributed by atoms with Gasteiger partial charge in [-0.1, -0.05) is 19.3 Å². The molecule has 1 aliphatic carbocycles. The van der Waals surface area contributed by atoms with Crippen LogP contribution in [-0.4, -0.2) is 19.7 Å². The minimum absolute atomic E-state index is 0.441. The van der Waals surface area contributed by atoms with Crippen LogP contribution in [0.15, 0.2) is 0 Å². The van der Waals surface area contributed by atoms with Gasteiger partial charge < -0.3 is 4.74 Å². The van der Waals surface area contributed by atoms with Gasteiger partial charge in [0, 0.05) is 6.54 Å². The van der Waals surface area contributed by atoms with E-state index in [1.807, 2.05) is 0 Å². The van der Waals surface area contributed by atoms with Gasteiger partial charge in [0.15, 0.2) is 0 Å². The van der Waals surface area contributed by atoms with Crippen LogP contribution >= 0.6 is 0 Å². The molecule has 69 valence electrons. The Balaban J connectivity index is 1.85. The average Bonchev–Trinajstić information content (AvgIpc) is 2.00. The fraction of sp³-hybridized carbons (Fsp3) is 0.889. The first-order valence-electron chi connectivity index (χ1n) is 4.58. The molecule has 1 radical (unpaired) electrons. The summed E-state index contributed by atoms with van der Waals surface area (Å²) in [5.74, 6) is 0.915. The van der Waals surface area contributed by atoms with Crippen molar-refractivity contribution >= 4 is 6.09 Å². The minimum atomic E-state index is -0.441. The van der Waals surface area contributed by atoms with E-state index in [1.165, 1.54) is 32.8 Å². The number of hydrogen-bond donors (Lipinski definition) is 0. The van der Waals surface area contributed by atoms with Gasteiger partial charge in [0.2, 0.25) is 0 Å². The lowest BCUT2D eigenvalue weighted by atomic mass is 9.82. The molecule has 0 atom stereocenters. The van der Waals surface area contributed by atoms with Crippen molar-refractivity contribution in [2.75, 3.05) is 13.7 Å². The largest absolute Gasteiger partial charge is 0.452 e. The maximum absolute atomic E-state index is 10.6. The molecule has 1 aliphatic rings. The van der Waals surface area contributed by atoms with Crippen LogP contribution in [0.4, 0.5) is 4.79 Å². The highest BCUT2D eigenvalue weighted by molar-refractivity contribution is 5.66. The second kappa shape index (κ2) is 5.01. The Morgan fingerprint density at radius 1 is 1.58 bits per heavy atom. The van der Waals surface area contributed by atoms with Crippen molar-refractivity contribution in [3.8, 4) is 0 Å². The Kier molecular flexibility index (Phi) is 3.91. The second-order valence-electron chi connectivity index (χ2n) is 3.29. The lowest BCUT2D eigenvalue weighted by molar-refractivity contribution is 0.169. The molecule has 1 saturated carbocycles. The summed E-state index contributed by atoms with van der Waals surface area (Å²) in [6.07, 6.45) is 5.94. The molecule has 0 spiro atoms. The molecule has 1 amide bonds. The molecule has 0 saturated heterocycles. The third-order valence-corrected chi connectivity index (χ3v) is 2.41. The first-order chi connectivity index (χ1) is 5.83. The molecule has 0 unspecified atom stereocenters. The van der Waals surface area contributed by atoms with Crippen molar-refractivity contribution in [3.05, 3.63) is 0 Å². The molecule has 0 bridgehead atoms. The van der Waals surface area contributed by atoms with Gasteiger partial charge in [-0.05, 0) is 18.8 Å². The molecule has 0 N–H and O–H groups in total. The smallest absolute Gasteiger partial charge is 0.428 e. The minimum Gasteiger partial charge on any atom is -0.452 e. The number of rotatable bonds is 4. The van der Waals surface area contributed by atoms with E-state index in [4.69, 9.17) is 0 Å². The first kappa shape index (κ1) is 9.36. The molecule has 1 fully saturated rings. The second-order valence-corrected chi connectivity index (χ2v) is 3.29. The molecule has 0 heterocycles. The lowest BCUT2D eigenvalue weighted by Gasteiger charge is -2.24. The van der Waals surface area contributed by atoms with Crippen molar-refractivity contribution < 1.29 is 9.53 Å². The standard InChI is InChI=1S/C9H16NO2/c1-12-9(11)10-7-3-6-8-4-2-5-8/h8H,2-7H2,1H3. The highest BCUT2D eigenvalue weighted by atomic mass is 16.5. The third-order valence-electron chi connectivity index (χ3n) is 2.41. The number of hydrogen-bond acceptors (Lipinski definition) is 2. The topological polar surface area (TPSA) is 40.4 Å². The predicted molar refractivity (Wildman–Crippen MR) is 46.0 cm³/mol. The SMILES string of the molecule is COC(=O)[N]CCCC1CCC1. The van der Waals surface area contributed by atoms with Crippen molar-refractivity contribution in [2.24, 2.45) is 5.92 Å². The van der Waals surface area contributed by atoms with Crippen LogP contribution in [-0.2, 0) is 4.74 Å². The van der Waals surface area contributed by atoms with E-state index in [0.717, 1.165) is 12.3 Å². The normalized spacial score (nSPS) is 16.8. The van der Waals surface area contributed by atoms with Crippen LogP contribution in [0.25, 0.3) is 0 Å². The summed E-state index contributed by atoms with van der Waals surface area (Å²) >= 11 is 0. The molecular weight excluding hydrogens is 154 g/mol. The molecule has 0 aromatic rings. The molecular formula is C9H16NO2. The highest BCUT2D eigenvalue weighted by Crippen LogP contribution is 2.30. The summed E-state index contributed by atoms with van der Waals surface area (Å²) in [7, 11) is 1.36. The summed E-state index contributed by atoms with van der Waals surface area (Å²) < 4.78 is 4.39. The maximum Gasteiger partial charge on any atom is 0.428 e. The van der Waals surface area contributed by atoms with Gasteiger partial charge in [-0.25, -0.2) is 10.1 Å². The number of carbonyl (C=O) groups is 1. The van der Waals surface area contributed by atoms with E-state index in [-0.39, 0.29) is 0 Å². The fourth-order valence-electron chi connectivity index (χ4n) is 1.40. The van der Waals surface area contributed by atoms with E-state index in [9.17, 15) is 4.79 Å². The molecule has 0 aromatic heterocycles. The molecule has 3 heteroatoms. The van der Waals surface area contributed by atoms with Gasteiger partial charge in [0.1, 0.15) is 0 Å². The summed E-state index contributed by atoms with van der Waals surface area (Å²) in [4.78, 5) is 10.6. The van der Waals surface area contributed by atoms with E-state index < -0.39 is 6.09 Å². The summed E-state index contributed by atoms with van der Waals surface area (Å²) in [6, 6.07) is 0. The Morgan fingerprint density at radius 3 is 2.83 bits per heavy atom. The van der Waals surface area contributed by atoms with Crippen LogP contribution in [0.1, 0.15) is 32.1 Å². The van der Waals surface area contributed by atoms with Gasteiger partial charge in [0.05, 0.1) is 7.11 Å². The molecule has 3 nitrogen and oxygen atoms in total. The number of carbonyl (C=O) groups excluding carboxylic acids is 1. The van der Waals surface area contributed by atoms with Crippen molar-refractivity contribution in [1.29, 1.82) is 0 Å². The molecule has 0 aliphatic heterocycles. The summed E-state index contributed by atoms with van der Waals surface area (Å²) in [5.41, 5.74) is 0. The number of amides is 1. The molecule has 1 rings (SSSR count). The average molecular weight is 170 g/mol. The predicted octanol–water partition coefficient (Wildman–Crippen LogP) is 1.94. The molecule has 0 aromatic carbocycles. The van der Waals surface area contributed by atoms with Gasteiger partial charge >= 0.3 is 6.09 Å². The van der Waals surface area contributed by atoms with Crippen molar-refractivity contribution in [2.45, 2.75) is 32.1 Å². The van der Waals surface area contributed by atoms with E-state index in [0.29, 0.717) is 6.54 Å². The quantitative estimate of drug-likeness (QED) is 0.605. The maximum atomic E-state index is 10.6. The Hall–Kier alpha value is -0.730. The Labute approximate surface area is 73.5 Å². The number of ether oxygens (including phenoxy) is 1. The Bertz CT molecular complexity index is 143. The first-order valence-corrected chi connectivity index (χ1v) is 4.58. The zero-order valence-corrected chi connectivity index (χ0v) is 7.58. The zero-order chi connectivity index (χ0) is 8.81. The molecule has 12 heavy (non-hydrogen) atoms.